The molecule has 2 amide bonds. The van der Waals surface area contributed by atoms with Gasteiger partial charge in [-0.15, -0.1) is 0 Å². The van der Waals surface area contributed by atoms with Crippen LogP contribution in [0.3, 0.4) is 0 Å². The number of carbonyl (C=O) groups is 2. The highest BCUT2D eigenvalue weighted by Gasteiger charge is 2.31. The Hall–Kier alpha value is -2.50. The van der Waals surface area contributed by atoms with Gasteiger partial charge >= 0.3 is 0 Å². The van der Waals surface area contributed by atoms with Crippen molar-refractivity contribution in [1.29, 1.82) is 0 Å². The van der Waals surface area contributed by atoms with E-state index < -0.39 is 6.04 Å². The Labute approximate surface area is 130 Å². The van der Waals surface area contributed by atoms with Gasteiger partial charge in [-0.1, -0.05) is 18.2 Å². The van der Waals surface area contributed by atoms with Crippen molar-refractivity contribution in [3.05, 3.63) is 41.6 Å². The van der Waals surface area contributed by atoms with Gasteiger partial charge in [0.1, 0.15) is 11.8 Å². The Morgan fingerprint density at radius 3 is 2.86 bits per heavy atom. The van der Waals surface area contributed by atoms with Crippen molar-refractivity contribution in [2.45, 2.75) is 19.0 Å². The van der Waals surface area contributed by atoms with E-state index in [9.17, 15) is 9.59 Å². The maximum atomic E-state index is 12.2. The topological polar surface area (TPSA) is 70.7 Å². The molecule has 2 rings (SSSR count). The number of rotatable bonds is 5. The number of nitrogens with one attached hydrogen (secondary N) is 2. The number of hydrogen-bond acceptors (Lipinski definition) is 4. The maximum absolute atomic E-state index is 12.2. The van der Waals surface area contributed by atoms with E-state index in [4.69, 9.17) is 4.74 Å². The highest BCUT2D eigenvalue weighted by Crippen LogP contribution is 2.18. The molecule has 1 saturated heterocycles. The fraction of sp³-hybridized carbons (Fsp3) is 0.375. The molecule has 1 atom stereocenters. The predicted molar refractivity (Wildman–Crippen MR) is 83.2 cm³/mol. The van der Waals surface area contributed by atoms with Gasteiger partial charge in [0.2, 0.25) is 11.8 Å². The van der Waals surface area contributed by atoms with Crippen LogP contribution >= 0.6 is 0 Å². The lowest BCUT2D eigenvalue weighted by atomic mass is 10.1. The molecule has 1 unspecified atom stereocenters. The first kappa shape index (κ1) is 15.9. The SMILES string of the molecule is COc1ccccc1CNC(=O)C1C/C(=C\N(C)C)C(=O)N1. The minimum Gasteiger partial charge on any atom is -0.496 e. The molecule has 0 radical (unpaired) electrons. The molecule has 6 heteroatoms. The van der Waals surface area contributed by atoms with Crippen molar-refractivity contribution >= 4 is 11.8 Å². The molecule has 1 heterocycles. The molecule has 1 aromatic rings. The Bertz CT molecular complexity index is 596. The van der Waals surface area contributed by atoms with E-state index in [1.807, 2.05) is 38.4 Å². The average Bonchev–Trinajstić information content (AvgIpc) is 2.85. The maximum Gasteiger partial charge on any atom is 0.249 e. The Morgan fingerprint density at radius 1 is 1.45 bits per heavy atom. The summed E-state index contributed by atoms with van der Waals surface area (Å²) in [6.07, 6.45) is 2.14. The standard InChI is InChI=1S/C16H21N3O3/c1-19(2)10-12-8-13(18-15(12)20)16(21)17-9-11-6-4-5-7-14(11)22-3/h4-7,10,13H,8-9H2,1-3H3,(H,17,21)(H,18,20)/b12-10+. The number of amides is 2. The van der Waals surface area contributed by atoms with Crippen LogP contribution in [0.4, 0.5) is 0 Å². The van der Waals surface area contributed by atoms with E-state index >= 15 is 0 Å². The van der Waals surface area contributed by atoms with Gasteiger partial charge in [-0.3, -0.25) is 9.59 Å². The molecule has 1 fully saturated rings. The number of ether oxygens (including phenoxy) is 1. The minimum atomic E-state index is -0.520. The molecular formula is C16H21N3O3. The van der Waals surface area contributed by atoms with Crippen molar-refractivity contribution in [2.24, 2.45) is 0 Å². The van der Waals surface area contributed by atoms with Crippen molar-refractivity contribution in [2.75, 3.05) is 21.2 Å². The Kier molecular flexibility index (Phi) is 5.04. The van der Waals surface area contributed by atoms with Gasteiger partial charge in [-0.25, -0.2) is 0 Å². The van der Waals surface area contributed by atoms with E-state index in [1.54, 1.807) is 18.2 Å². The first-order valence-corrected chi connectivity index (χ1v) is 7.09. The van der Waals surface area contributed by atoms with Gasteiger partial charge in [-0.05, 0) is 6.07 Å². The summed E-state index contributed by atoms with van der Waals surface area (Å²) in [5.74, 6) is 0.346. The summed E-state index contributed by atoms with van der Waals surface area (Å²) < 4.78 is 5.25. The zero-order valence-corrected chi connectivity index (χ0v) is 13.1. The van der Waals surface area contributed by atoms with Crippen molar-refractivity contribution in [3.63, 3.8) is 0 Å². The van der Waals surface area contributed by atoms with Crippen LogP contribution in [0, 0.1) is 0 Å². The van der Waals surface area contributed by atoms with Crippen molar-refractivity contribution in [1.82, 2.24) is 15.5 Å². The Morgan fingerprint density at radius 2 is 2.18 bits per heavy atom. The minimum absolute atomic E-state index is 0.189. The van der Waals surface area contributed by atoms with Gasteiger partial charge in [0, 0.05) is 44.4 Å². The number of hydrogen-bond donors (Lipinski definition) is 2. The summed E-state index contributed by atoms with van der Waals surface area (Å²) >= 11 is 0. The lowest BCUT2D eigenvalue weighted by molar-refractivity contribution is -0.125. The quantitative estimate of drug-likeness (QED) is 0.783. The molecule has 6 nitrogen and oxygen atoms in total. The third kappa shape index (κ3) is 3.78. The van der Waals surface area contributed by atoms with Crippen LogP contribution in [-0.2, 0) is 16.1 Å². The molecule has 1 aliphatic heterocycles. The molecule has 0 bridgehead atoms. The van der Waals surface area contributed by atoms with Gasteiger partial charge in [0.05, 0.1) is 7.11 Å². The van der Waals surface area contributed by atoms with E-state index in [-0.39, 0.29) is 11.8 Å². The van der Waals surface area contributed by atoms with E-state index in [2.05, 4.69) is 10.6 Å². The van der Waals surface area contributed by atoms with Gasteiger partial charge < -0.3 is 20.3 Å². The average molecular weight is 303 g/mol. The first-order valence-electron chi connectivity index (χ1n) is 7.09. The zero-order valence-electron chi connectivity index (χ0n) is 13.1. The number of nitrogens with zero attached hydrogens (tertiary/aromatic N) is 1. The van der Waals surface area contributed by atoms with Crippen LogP contribution in [0.1, 0.15) is 12.0 Å². The molecule has 0 aromatic heterocycles. The summed E-state index contributed by atoms with van der Waals surface area (Å²) in [4.78, 5) is 25.8. The third-order valence-electron chi connectivity index (χ3n) is 3.40. The number of benzene rings is 1. The molecular weight excluding hydrogens is 282 g/mol. The van der Waals surface area contributed by atoms with Crippen LogP contribution in [0.5, 0.6) is 5.75 Å². The van der Waals surface area contributed by atoms with Gasteiger partial charge in [0.25, 0.3) is 0 Å². The van der Waals surface area contributed by atoms with Crippen molar-refractivity contribution in [3.8, 4) is 5.75 Å². The summed E-state index contributed by atoms with van der Waals surface area (Å²) in [7, 11) is 5.28. The number of carbonyl (C=O) groups excluding carboxylic acids is 2. The molecule has 2 N–H and O–H groups in total. The summed E-state index contributed by atoms with van der Waals surface area (Å²) in [6, 6.07) is 6.98. The lowest BCUT2D eigenvalue weighted by Crippen LogP contribution is -2.41. The normalized spacial score (nSPS) is 19.0. The van der Waals surface area contributed by atoms with E-state index in [1.165, 1.54) is 0 Å². The molecule has 0 spiro atoms. The third-order valence-corrected chi connectivity index (χ3v) is 3.40. The largest absolute Gasteiger partial charge is 0.496 e. The molecule has 22 heavy (non-hydrogen) atoms. The zero-order chi connectivity index (χ0) is 16.1. The fourth-order valence-electron chi connectivity index (χ4n) is 2.35. The van der Waals surface area contributed by atoms with Crippen LogP contribution < -0.4 is 15.4 Å². The van der Waals surface area contributed by atoms with E-state index in [0.717, 1.165) is 11.3 Å². The highest BCUT2D eigenvalue weighted by atomic mass is 16.5. The molecule has 0 saturated carbocycles. The Balaban J connectivity index is 1.95. The second-order valence-electron chi connectivity index (χ2n) is 5.38. The second-order valence-corrected chi connectivity index (χ2v) is 5.38. The summed E-state index contributed by atoms with van der Waals surface area (Å²) in [5, 5.41) is 5.53. The number of methoxy groups -OCH3 is 1. The highest BCUT2D eigenvalue weighted by molar-refractivity contribution is 6.01. The van der Waals surface area contributed by atoms with E-state index in [0.29, 0.717) is 18.5 Å². The number of para-hydroxylation sites is 1. The molecule has 1 aliphatic rings. The first-order chi connectivity index (χ1) is 10.5. The second kappa shape index (κ2) is 6.98. The summed E-state index contributed by atoms with van der Waals surface area (Å²) in [5.41, 5.74) is 1.51. The van der Waals surface area contributed by atoms with Crippen LogP contribution in [0.15, 0.2) is 36.0 Å². The van der Waals surface area contributed by atoms with Gasteiger partial charge in [0.15, 0.2) is 0 Å². The lowest BCUT2D eigenvalue weighted by Gasteiger charge is -2.12. The molecule has 0 aliphatic carbocycles. The van der Waals surface area contributed by atoms with Crippen LogP contribution in [-0.4, -0.2) is 44.0 Å². The van der Waals surface area contributed by atoms with Crippen LogP contribution in [0.25, 0.3) is 0 Å². The molecule has 118 valence electrons. The van der Waals surface area contributed by atoms with Crippen molar-refractivity contribution < 1.29 is 14.3 Å². The van der Waals surface area contributed by atoms with Gasteiger partial charge in [-0.2, -0.15) is 0 Å². The molecule has 1 aromatic carbocycles. The fourth-order valence-corrected chi connectivity index (χ4v) is 2.35. The predicted octanol–water partition coefficient (Wildman–Crippen LogP) is 0.645. The monoisotopic (exact) mass is 303 g/mol. The smallest absolute Gasteiger partial charge is 0.249 e. The summed E-state index contributed by atoms with van der Waals surface area (Å²) in [6.45, 7) is 0.363. The van der Waals surface area contributed by atoms with Crippen LogP contribution in [0.2, 0.25) is 0 Å².